The Hall–Kier alpha value is -2.53. The van der Waals surface area contributed by atoms with Crippen LogP contribution in [-0.4, -0.2) is 20.7 Å². The Balaban J connectivity index is 1.46. The molecule has 2 aromatic carbocycles. The molecule has 0 saturated heterocycles. The predicted octanol–water partition coefficient (Wildman–Crippen LogP) is 3.81. The van der Waals surface area contributed by atoms with Gasteiger partial charge in [-0.15, -0.1) is 11.8 Å². The molecule has 0 radical (unpaired) electrons. The van der Waals surface area contributed by atoms with Gasteiger partial charge < -0.3 is 9.88 Å². The maximum absolute atomic E-state index is 12.2. The molecule has 0 bridgehead atoms. The highest BCUT2D eigenvalue weighted by atomic mass is 32.2. The molecule has 1 aromatic heterocycles. The van der Waals surface area contributed by atoms with Gasteiger partial charge in [-0.05, 0) is 30.2 Å². The number of carbonyl (C=O) groups excluding carboxylic acids is 1. The van der Waals surface area contributed by atoms with Crippen molar-refractivity contribution in [1.82, 2.24) is 14.9 Å². The van der Waals surface area contributed by atoms with Crippen LogP contribution >= 0.6 is 11.8 Å². The maximum Gasteiger partial charge on any atom is 0.233 e. The number of hydrogen-bond acceptors (Lipinski definition) is 3. The Morgan fingerprint density at radius 1 is 1.12 bits per heavy atom. The summed E-state index contributed by atoms with van der Waals surface area (Å²) in [6.07, 6.45) is 5.42. The molecule has 1 unspecified atom stereocenters. The number of aromatic nitrogens is 2. The van der Waals surface area contributed by atoms with Crippen LogP contribution in [-0.2, 0) is 17.1 Å². The molecule has 0 aliphatic heterocycles. The Bertz CT molecular complexity index is 786. The van der Waals surface area contributed by atoms with E-state index < -0.39 is 0 Å². The van der Waals surface area contributed by atoms with E-state index in [1.807, 2.05) is 60.2 Å². The van der Waals surface area contributed by atoms with Crippen LogP contribution in [0.2, 0.25) is 0 Å². The summed E-state index contributed by atoms with van der Waals surface area (Å²) in [7, 11) is 0. The van der Waals surface area contributed by atoms with E-state index in [0.717, 1.165) is 17.0 Å². The zero-order valence-electron chi connectivity index (χ0n) is 14.1. The van der Waals surface area contributed by atoms with Gasteiger partial charge in [-0.1, -0.05) is 42.5 Å². The van der Waals surface area contributed by atoms with Gasteiger partial charge in [0.05, 0.1) is 11.6 Å². The van der Waals surface area contributed by atoms with Gasteiger partial charge in [0, 0.05) is 30.4 Å². The standard InChI is InChI=1S/C20H21N3OS/c1-16(25-14-18-5-3-2-4-6-18)20(24)22-13-17-7-9-19(10-8-17)23-12-11-21-15-23/h2-12,15-16H,13-14H2,1H3,(H,22,24). The second-order valence-electron chi connectivity index (χ2n) is 5.79. The number of benzene rings is 2. The number of amides is 1. The van der Waals surface area contributed by atoms with Gasteiger partial charge in [-0.3, -0.25) is 4.79 Å². The second kappa shape index (κ2) is 8.53. The minimum absolute atomic E-state index is 0.0691. The molecule has 0 aliphatic rings. The molecule has 4 nitrogen and oxygen atoms in total. The van der Waals surface area contributed by atoms with E-state index in [9.17, 15) is 4.79 Å². The van der Waals surface area contributed by atoms with E-state index in [1.165, 1.54) is 5.56 Å². The number of hydrogen-bond donors (Lipinski definition) is 1. The lowest BCUT2D eigenvalue weighted by Crippen LogP contribution is -2.30. The van der Waals surface area contributed by atoms with E-state index in [4.69, 9.17) is 0 Å². The number of nitrogens with zero attached hydrogens (tertiary/aromatic N) is 2. The number of thioether (sulfide) groups is 1. The largest absolute Gasteiger partial charge is 0.351 e. The molecular weight excluding hydrogens is 330 g/mol. The first-order valence-corrected chi connectivity index (χ1v) is 9.28. The lowest BCUT2D eigenvalue weighted by Gasteiger charge is -2.12. The third-order valence-electron chi connectivity index (χ3n) is 3.92. The topological polar surface area (TPSA) is 46.9 Å². The summed E-state index contributed by atoms with van der Waals surface area (Å²) in [5.41, 5.74) is 3.37. The van der Waals surface area contributed by atoms with Crippen LogP contribution in [0, 0.1) is 0 Å². The highest BCUT2D eigenvalue weighted by Crippen LogP contribution is 2.17. The first-order chi connectivity index (χ1) is 12.2. The van der Waals surface area contributed by atoms with Gasteiger partial charge in [0.1, 0.15) is 0 Å². The fourth-order valence-electron chi connectivity index (χ4n) is 2.40. The molecule has 0 saturated carbocycles. The van der Waals surface area contributed by atoms with Gasteiger partial charge in [0.25, 0.3) is 0 Å². The summed E-state index contributed by atoms with van der Waals surface area (Å²) >= 11 is 1.65. The molecule has 5 heteroatoms. The van der Waals surface area contributed by atoms with Gasteiger partial charge in [-0.2, -0.15) is 0 Å². The highest BCUT2D eigenvalue weighted by Gasteiger charge is 2.13. The normalized spacial score (nSPS) is 11.9. The number of rotatable bonds is 7. The van der Waals surface area contributed by atoms with Crippen molar-refractivity contribution in [2.45, 2.75) is 24.5 Å². The van der Waals surface area contributed by atoms with E-state index in [2.05, 4.69) is 22.4 Å². The van der Waals surface area contributed by atoms with Crippen molar-refractivity contribution < 1.29 is 4.79 Å². The number of carbonyl (C=O) groups is 1. The van der Waals surface area contributed by atoms with E-state index in [1.54, 1.807) is 24.3 Å². The van der Waals surface area contributed by atoms with Crippen molar-refractivity contribution in [3.05, 3.63) is 84.4 Å². The van der Waals surface area contributed by atoms with Crippen LogP contribution in [0.15, 0.2) is 73.3 Å². The highest BCUT2D eigenvalue weighted by molar-refractivity contribution is 7.99. The SMILES string of the molecule is CC(SCc1ccccc1)C(=O)NCc1ccc(-n2ccnc2)cc1. The summed E-state index contributed by atoms with van der Waals surface area (Å²) in [5, 5.41) is 2.93. The molecule has 0 fully saturated rings. The van der Waals surface area contributed by atoms with Crippen LogP contribution in [0.1, 0.15) is 18.1 Å². The third-order valence-corrected chi connectivity index (χ3v) is 5.13. The molecular formula is C20H21N3OS. The molecule has 128 valence electrons. The van der Waals surface area contributed by atoms with Gasteiger partial charge in [0.15, 0.2) is 0 Å². The van der Waals surface area contributed by atoms with Crippen molar-refractivity contribution in [3.8, 4) is 5.69 Å². The van der Waals surface area contributed by atoms with Crippen LogP contribution in [0.4, 0.5) is 0 Å². The van der Waals surface area contributed by atoms with Crippen molar-refractivity contribution in [2.75, 3.05) is 0 Å². The van der Waals surface area contributed by atoms with E-state index in [-0.39, 0.29) is 11.2 Å². The third kappa shape index (κ3) is 4.97. The van der Waals surface area contributed by atoms with Crippen LogP contribution in [0.3, 0.4) is 0 Å². The molecule has 25 heavy (non-hydrogen) atoms. The first-order valence-electron chi connectivity index (χ1n) is 8.23. The van der Waals surface area contributed by atoms with E-state index >= 15 is 0 Å². The van der Waals surface area contributed by atoms with Crippen molar-refractivity contribution in [1.29, 1.82) is 0 Å². The maximum atomic E-state index is 12.2. The van der Waals surface area contributed by atoms with Crippen LogP contribution in [0.5, 0.6) is 0 Å². The molecule has 0 aliphatic carbocycles. The first kappa shape index (κ1) is 17.3. The average molecular weight is 351 g/mol. The van der Waals surface area contributed by atoms with Crippen LogP contribution < -0.4 is 5.32 Å². The lowest BCUT2D eigenvalue weighted by molar-refractivity contribution is -0.120. The Morgan fingerprint density at radius 3 is 2.56 bits per heavy atom. The molecule has 1 N–H and O–H groups in total. The smallest absolute Gasteiger partial charge is 0.233 e. The minimum Gasteiger partial charge on any atom is -0.351 e. The fraction of sp³-hybridized carbons (Fsp3) is 0.200. The molecule has 1 atom stereocenters. The van der Waals surface area contributed by atoms with Gasteiger partial charge in [-0.25, -0.2) is 4.98 Å². The summed E-state index contributed by atoms with van der Waals surface area (Å²) in [4.78, 5) is 16.3. The minimum atomic E-state index is -0.0783. The Labute approximate surface area is 152 Å². The molecule has 3 rings (SSSR count). The molecule has 1 amide bonds. The molecule has 1 heterocycles. The Kier molecular flexibility index (Phi) is 5.90. The number of nitrogens with one attached hydrogen (secondary N) is 1. The summed E-state index contributed by atoms with van der Waals surface area (Å²) in [6.45, 7) is 2.49. The fourth-order valence-corrected chi connectivity index (χ4v) is 3.27. The van der Waals surface area contributed by atoms with Crippen molar-refractivity contribution in [3.63, 3.8) is 0 Å². The van der Waals surface area contributed by atoms with Crippen LogP contribution in [0.25, 0.3) is 5.69 Å². The van der Waals surface area contributed by atoms with E-state index in [0.29, 0.717) is 6.54 Å². The zero-order valence-corrected chi connectivity index (χ0v) is 14.9. The summed E-state index contributed by atoms with van der Waals surface area (Å²) in [6, 6.07) is 18.3. The Morgan fingerprint density at radius 2 is 1.88 bits per heavy atom. The average Bonchev–Trinajstić information content (AvgIpc) is 3.20. The molecule has 0 spiro atoms. The zero-order chi connectivity index (χ0) is 17.5. The van der Waals surface area contributed by atoms with Gasteiger partial charge >= 0.3 is 0 Å². The monoisotopic (exact) mass is 351 g/mol. The summed E-state index contributed by atoms with van der Waals surface area (Å²) < 4.78 is 1.95. The second-order valence-corrected chi connectivity index (χ2v) is 7.12. The number of imidazole rings is 1. The summed E-state index contributed by atoms with van der Waals surface area (Å²) in [5.74, 6) is 0.911. The van der Waals surface area contributed by atoms with Crippen molar-refractivity contribution >= 4 is 17.7 Å². The van der Waals surface area contributed by atoms with Crippen molar-refractivity contribution in [2.24, 2.45) is 0 Å². The lowest BCUT2D eigenvalue weighted by atomic mass is 10.2. The van der Waals surface area contributed by atoms with Gasteiger partial charge in [0.2, 0.25) is 5.91 Å². The predicted molar refractivity (Wildman–Crippen MR) is 103 cm³/mol. The molecule has 3 aromatic rings. The quantitative estimate of drug-likeness (QED) is 0.704.